The lowest BCUT2D eigenvalue weighted by Crippen LogP contribution is -2.43. The fraction of sp³-hybridized carbons (Fsp3) is 0.652. The summed E-state index contributed by atoms with van der Waals surface area (Å²) in [6.45, 7) is 12.6. The molecule has 123 heavy (non-hydrogen) atoms. The molecule has 5 aromatic rings. The van der Waals surface area contributed by atoms with E-state index in [1.165, 1.54) is 65.8 Å². The predicted molar refractivity (Wildman–Crippen MR) is 443 cm³/mol. The van der Waals surface area contributed by atoms with E-state index < -0.39 is 105 Å². The summed E-state index contributed by atoms with van der Waals surface area (Å²) in [5.41, 5.74) is 16.6. The molecule has 0 spiro atoms. The first-order chi connectivity index (χ1) is 55.6. The van der Waals surface area contributed by atoms with Gasteiger partial charge in [-0.05, 0) is 108 Å². The normalized spacial score (nSPS) is 13.7. The van der Waals surface area contributed by atoms with Gasteiger partial charge in [-0.1, -0.05) is 93.9 Å². The Bertz CT molecular complexity index is 3860. The average Bonchev–Trinajstić information content (AvgIpc) is 1.78. The molecule has 708 valence electrons. The minimum atomic E-state index is -4.65. The van der Waals surface area contributed by atoms with Gasteiger partial charge in [0.15, 0.2) is 58.3 Å². The first-order valence-electron chi connectivity index (χ1n) is 35.3. The standard InChI is InChI=1S/C16H19Cl2F3N6O.C12H23F3N2O3.C10H16ClF3N6O.C9H20N2O2.C7H15F3N2O.C6H5BCl2O2.C3H2Cl2N4.C3H3F3O.ClH/c1-26(8-11(28)16(19,20)21)6-7-27(2)15-23-14(22)13(24-25-15)9-4-3-5-10(17)12(9)18;1-11(2,3)20-10(19)17(5)7-6-16(4)8-9(18)12(13,14)15;1-19(5-6(21)10(12,13)14)3-4-20(2)9-16-8(15)7(11)17-18-9;1-9(2,3)13-8(12)11(5)7-6-10-4;1-11-3-4-12(2)5-6(13)7(8,9)10;8-5-3-1-2-4(6(5)9)7(10)11;4-1-2(6)7-3(5)9-8-1;4-3(5,6)2-1-7-2;/h3-5,11,28H,6-8H2,1-2H3,(H2,22,23,25);9,18H,6-8H2,1-5H3;6,21H,3-5H2,1-2H3,(H2,15,16,18);10H,6-7H2,1-5H3;6,11,13H,3-5H2,1-2H3;1-3,10-11H;(H2,6,7,9);2H,1H2;1H/t11-;9-;6-;;6-;;;2-;/m111.1..1./s1. The van der Waals surface area contributed by atoms with Crippen LogP contribution < -0.4 is 43.1 Å². The number of nitrogens with one attached hydrogen (secondary N) is 2. The number of aliphatic hydroxyl groups excluding tert-OH is 4. The van der Waals surface area contributed by atoms with Gasteiger partial charge in [0.2, 0.25) is 17.2 Å². The summed E-state index contributed by atoms with van der Waals surface area (Å²) in [5, 5.41) is 82.1. The van der Waals surface area contributed by atoms with Crippen molar-refractivity contribution in [3.63, 3.8) is 0 Å². The smallest absolute Gasteiger partial charge is 0.444 e. The van der Waals surface area contributed by atoms with Crippen LogP contribution >= 0.6 is 93.6 Å². The number of benzene rings is 2. The van der Waals surface area contributed by atoms with Crippen molar-refractivity contribution in [2.45, 2.75) is 114 Å². The van der Waals surface area contributed by atoms with E-state index in [9.17, 15) is 75.4 Å². The number of amides is 2. The molecule has 3 aromatic heterocycles. The monoisotopic (exact) mass is 1960 g/mol. The van der Waals surface area contributed by atoms with Crippen LogP contribution in [-0.2, 0) is 14.2 Å². The lowest BCUT2D eigenvalue weighted by atomic mass is 9.80. The van der Waals surface area contributed by atoms with E-state index in [1.54, 1.807) is 94.0 Å². The number of carbonyl (C=O) groups excluding carboxylic acids is 2. The number of rotatable bonds is 27. The van der Waals surface area contributed by atoms with Crippen LogP contribution in [0.15, 0.2) is 36.4 Å². The molecule has 14 N–H and O–H groups in total. The zero-order chi connectivity index (χ0) is 95.1. The molecule has 2 amide bonds. The molecule has 0 saturated carbocycles. The fourth-order valence-electron chi connectivity index (χ4n) is 7.67. The molecule has 1 aliphatic rings. The molecule has 2 aromatic carbocycles. The van der Waals surface area contributed by atoms with Gasteiger partial charge in [0.25, 0.3) is 0 Å². The van der Waals surface area contributed by atoms with Crippen LogP contribution in [0.1, 0.15) is 41.5 Å². The van der Waals surface area contributed by atoms with Crippen molar-refractivity contribution >= 4 is 148 Å². The maximum absolute atomic E-state index is 12.4. The number of aliphatic hydroxyl groups is 4. The highest BCUT2D eigenvalue weighted by atomic mass is 35.5. The van der Waals surface area contributed by atoms with Crippen molar-refractivity contribution in [2.75, 3.05) is 196 Å². The number of nitrogen functional groups attached to an aromatic ring is 3. The summed E-state index contributed by atoms with van der Waals surface area (Å²) in [6.07, 6.45) is -34.2. The molecule has 4 heterocycles. The summed E-state index contributed by atoms with van der Waals surface area (Å²) >= 11 is 39.6. The van der Waals surface area contributed by atoms with Crippen LogP contribution in [0, 0.1) is 0 Å². The molecule has 57 heteroatoms. The van der Waals surface area contributed by atoms with E-state index in [1.807, 2.05) is 27.8 Å². The Morgan fingerprint density at radius 3 is 1.14 bits per heavy atom. The second kappa shape index (κ2) is 56.9. The number of hydrogen-bond donors (Lipinski definition) is 11. The van der Waals surface area contributed by atoms with E-state index >= 15 is 0 Å². The van der Waals surface area contributed by atoms with Gasteiger partial charge in [-0.25, -0.2) is 9.59 Å². The summed E-state index contributed by atoms with van der Waals surface area (Å²) in [5.74, 6) is 0.610. The number of ether oxygens (including phenoxy) is 3. The van der Waals surface area contributed by atoms with Gasteiger partial charge in [-0.15, -0.1) is 43.0 Å². The van der Waals surface area contributed by atoms with Gasteiger partial charge in [0, 0.05) is 131 Å². The van der Waals surface area contributed by atoms with Crippen LogP contribution in [0.3, 0.4) is 0 Å². The summed E-state index contributed by atoms with van der Waals surface area (Å²) < 4.78 is 193. The van der Waals surface area contributed by atoms with Gasteiger partial charge in [0.1, 0.15) is 16.9 Å². The molecule has 0 aliphatic carbocycles. The highest BCUT2D eigenvalue weighted by Gasteiger charge is 2.49. The van der Waals surface area contributed by atoms with E-state index in [-0.39, 0.29) is 124 Å². The van der Waals surface area contributed by atoms with Crippen molar-refractivity contribution in [1.29, 1.82) is 0 Å². The minimum absolute atomic E-state index is 0. The lowest BCUT2D eigenvalue weighted by Gasteiger charge is -2.27. The van der Waals surface area contributed by atoms with Gasteiger partial charge in [0.05, 0.1) is 26.7 Å². The minimum Gasteiger partial charge on any atom is -0.444 e. The molecule has 1 fully saturated rings. The molecule has 1 aliphatic heterocycles. The Hall–Kier alpha value is -6.18. The number of nitrogens with two attached hydrogens (primary N) is 3. The second-order valence-corrected chi connectivity index (χ2v) is 30.6. The lowest BCUT2D eigenvalue weighted by molar-refractivity contribution is -0.207. The third kappa shape index (κ3) is 53.9. The first-order valence-corrected chi connectivity index (χ1v) is 38.0. The molecule has 6 rings (SSSR count). The van der Waals surface area contributed by atoms with Crippen molar-refractivity contribution in [2.24, 2.45) is 0 Å². The number of epoxide rings is 1. The first kappa shape index (κ1) is 121. The van der Waals surface area contributed by atoms with E-state index in [0.717, 1.165) is 6.54 Å². The Morgan fingerprint density at radius 1 is 0.488 bits per heavy atom. The number of hydrogen-bond acceptors (Lipinski definition) is 31. The molecule has 0 bridgehead atoms. The fourth-order valence-corrected chi connectivity index (χ4v) is 8.76. The Morgan fingerprint density at radius 2 is 0.821 bits per heavy atom. The number of likely N-dealkylation sites (N-methyl/N-ethyl adjacent to an activating group) is 10. The molecule has 0 radical (unpaired) electrons. The largest absolute Gasteiger partial charge is 0.490 e. The third-order valence-electron chi connectivity index (χ3n) is 14.6. The van der Waals surface area contributed by atoms with E-state index in [4.69, 9.17) is 138 Å². The zero-order valence-electron chi connectivity index (χ0n) is 69.3. The number of nitrogens with zero attached hydrogens (tertiary/aromatic N) is 17. The summed E-state index contributed by atoms with van der Waals surface area (Å²) in [6, 6.07) is 9.67. The number of aromatic nitrogens is 9. The quantitative estimate of drug-likeness (QED) is 0.0133. The second-order valence-electron chi connectivity index (χ2n) is 28.0. The molecule has 0 unspecified atom stereocenters. The van der Waals surface area contributed by atoms with Crippen LogP contribution in [0.25, 0.3) is 11.3 Å². The number of halogens is 23. The molecule has 33 nitrogen and oxygen atoms in total. The van der Waals surface area contributed by atoms with Crippen LogP contribution in [-0.4, -0.2) is 366 Å². The van der Waals surface area contributed by atoms with Crippen LogP contribution in [0.5, 0.6) is 0 Å². The topological polar surface area (TPSA) is 431 Å². The van der Waals surface area contributed by atoms with Crippen molar-refractivity contribution in [3.05, 3.63) is 72.1 Å². The van der Waals surface area contributed by atoms with E-state index in [2.05, 4.69) is 60.9 Å². The van der Waals surface area contributed by atoms with Gasteiger partial charge in [-0.3, -0.25) is 0 Å². The van der Waals surface area contributed by atoms with Gasteiger partial charge < -0.3 is 112 Å². The molecular weight excluding hydrogens is 1860 g/mol. The van der Waals surface area contributed by atoms with Crippen molar-refractivity contribution in [3.8, 4) is 11.3 Å². The van der Waals surface area contributed by atoms with Crippen molar-refractivity contribution in [1.82, 2.24) is 85.6 Å². The Balaban J connectivity index is -0.00000138. The highest BCUT2D eigenvalue weighted by molar-refractivity contribution is 6.64. The Labute approximate surface area is 742 Å². The van der Waals surface area contributed by atoms with Crippen molar-refractivity contribution < 1.29 is 120 Å². The predicted octanol–water partition coefficient (Wildman–Crippen LogP) is 8.76. The van der Waals surface area contributed by atoms with E-state index in [0.29, 0.717) is 48.3 Å². The molecule has 5 atom stereocenters. The Kier molecular flexibility index (Phi) is 56.0. The highest BCUT2D eigenvalue weighted by Crippen LogP contribution is 2.35. The maximum Gasteiger partial charge on any atom is 0.490 e. The summed E-state index contributed by atoms with van der Waals surface area (Å²) in [4.78, 5) is 46.0. The number of alkyl halides is 15. The third-order valence-corrected chi connectivity index (χ3v) is 17.0. The van der Waals surface area contributed by atoms with Gasteiger partial charge in [-0.2, -0.15) is 80.8 Å². The average molecular weight is 1960 g/mol. The maximum atomic E-state index is 12.4. The number of carbonyl (C=O) groups is 2. The van der Waals surface area contributed by atoms with Crippen LogP contribution in [0.4, 0.5) is 105 Å². The molecule has 1 saturated heterocycles. The zero-order valence-corrected chi connectivity index (χ0v) is 75.4. The molecular formula is C66H104BCl8F15N22O11. The summed E-state index contributed by atoms with van der Waals surface area (Å²) in [7, 11) is 14.4. The van der Waals surface area contributed by atoms with Gasteiger partial charge >= 0.3 is 50.2 Å². The SMILES string of the molecule is CN(CCN(C)C(=O)OC(C)(C)C)C[C@@H](O)C(F)(F)F.CN(CCN(C)c1nnc(-c2cccc(Cl)c2Cl)c(N)n1)C[C@@H](O)C(F)(F)F.CN(CCN(C)c1nnc(Cl)c(N)n1)C[C@@H](O)C(F)(F)F.CNCCN(C)C(=O)OC(C)(C)C.CNCCN(C)C[C@@H](O)C(F)(F)F.Cl.FC(F)(F)[C@H]1CO1.Nc1nc(Cl)nnc1Cl.OB(O)c1cccc(Cl)c1Cl. The van der Waals surface area contributed by atoms with Crippen LogP contribution in [0.2, 0.25) is 35.7 Å². The number of anilines is 5.